The van der Waals surface area contributed by atoms with E-state index in [0.717, 1.165) is 41.5 Å². The minimum absolute atomic E-state index is 0.0534. The van der Waals surface area contributed by atoms with Gasteiger partial charge in [-0.2, -0.15) is 0 Å². The Kier molecular flexibility index (Phi) is 6.44. The standard InChI is InChI=1S/C22H22BrN3O4/c23-17-3-1-15(2-4-17)21(27)16-7-9-26(10-8-16)11-12-29-22(28)25-18-5-6-19-20(13-18)30-14-24-19/h1-6,13-14,16H,7-12H2,(H,25,28). The fraction of sp³-hybridized carbons (Fsp3) is 0.318. The number of rotatable bonds is 6. The molecule has 0 atom stereocenters. The molecule has 0 radical (unpaired) electrons. The largest absolute Gasteiger partial charge is 0.448 e. The number of hydrogen-bond donors (Lipinski definition) is 1. The fourth-order valence-corrected chi connectivity index (χ4v) is 3.89. The van der Waals surface area contributed by atoms with Crippen LogP contribution in [0.15, 0.2) is 57.7 Å². The van der Waals surface area contributed by atoms with Gasteiger partial charge in [0.1, 0.15) is 12.1 Å². The van der Waals surface area contributed by atoms with Crippen molar-refractivity contribution in [3.05, 3.63) is 58.9 Å². The normalized spacial score (nSPS) is 15.2. The zero-order valence-electron chi connectivity index (χ0n) is 16.3. The molecule has 0 aliphatic carbocycles. The van der Waals surface area contributed by atoms with Gasteiger partial charge in [0.05, 0.1) is 0 Å². The van der Waals surface area contributed by atoms with E-state index >= 15 is 0 Å². The van der Waals surface area contributed by atoms with E-state index in [0.29, 0.717) is 24.4 Å². The first-order valence-corrected chi connectivity index (χ1v) is 10.7. The monoisotopic (exact) mass is 471 g/mol. The second-order valence-corrected chi connectivity index (χ2v) is 8.20. The van der Waals surface area contributed by atoms with Gasteiger partial charge in [-0.1, -0.05) is 28.1 Å². The first-order valence-electron chi connectivity index (χ1n) is 9.87. The van der Waals surface area contributed by atoms with E-state index in [1.807, 2.05) is 24.3 Å². The van der Waals surface area contributed by atoms with E-state index in [4.69, 9.17) is 9.15 Å². The third-order valence-corrected chi connectivity index (χ3v) is 5.83. The lowest BCUT2D eigenvalue weighted by molar-refractivity contribution is 0.0813. The van der Waals surface area contributed by atoms with Gasteiger partial charge in [0.25, 0.3) is 0 Å². The summed E-state index contributed by atoms with van der Waals surface area (Å²) in [4.78, 5) is 30.9. The summed E-state index contributed by atoms with van der Waals surface area (Å²) >= 11 is 3.39. The molecule has 30 heavy (non-hydrogen) atoms. The lowest BCUT2D eigenvalue weighted by atomic mass is 9.89. The maximum Gasteiger partial charge on any atom is 0.411 e. The van der Waals surface area contributed by atoms with Crippen molar-refractivity contribution in [2.45, 2.75) is 12.8 Å². The van der Waals surface area contributed by atoms with Gasteiger partial charge in [-0.15, -0.1) is 0 Å². The molecule has 8 heteroatoms. The molecule has 0 saturated carbocycles. The first-order chi connectivity index (χ1) is 14.6. The quantitative estimate of drug-likeness (QED) is 0.522. The lowest BCUT2D eigenvalue weighted by Crippen LogP contribution is -2.38. The molecule has 1 aliphatic heterocycles. The number of halogens is 1. The summed E-state index contributed by atoms with van der Waals surface area (Å²) in [6.45, 7) is 2.58. The highest BCUT2D eigenvalue weighted by Crippen LogP contribution is 2.23. The highest BCUT2D eigenvalue weighted by Gasteiger charge is 2.25. The van der Waals surface area contributed by atoms with Gasteiger partial charge in [0.2, 0.25) is 0 Å². The highest BCUT2D eigenvalue weighted by atomic mass is 79.9. The number of Topliss-reactive ketones (excluding diaryl/α,β-unsaturated/α-hetero) is 1. The molecule has 3 aromatic rings. The molecule has 1 fully saturated rings. The zero-order chi connectivity index (χ0) is 20.9. The van der Waals surface area contributed by atoms with Crippen LogP contribution in [0.2, 0.25) is 0 Å². The average Bonchev–Trinajstić information content (AvgIpc) is 3.22. The summed E-state index contributed by atoms with van der Waals surface area (Å²) in [6, 6.07) is 12.8. The van der Waals surface area contributed by atoms with Crippen molar-refractivity contribution < 1.29 is 18.7 Å². The molecule has 0 bridgehead atoms. The Morgan fingerprint density at radius 1 is 1.17 bits per heavy atom. The minimum atomic E-state index is -0.505. The maximum atomic E-state index is 12.6. The van der Waals surface area contributed by atoms with Crippen molar-refractivity contribution in [2.75, 3.05) is 31.6 Å². The average molecular weight is 472 g/mol. The summed E-state index contributed by atoms with van der Waals surface area (Å²) < 4.78 is 11.5. The van der Waals surface area contributed by atoms with E-state index < -0.39 is 6.09 Å². The number of oxazole rings is 1. The van der Waals surface area contributed by atoms with E-state index in [-0.39, 0.29) is 11.7 Å². The third kappa shape index (κ3) is 5.06. The Labute approximate surface area is 182 Å². The number of piperidine rings is 1. The van der Waals surface area contributed by atoms with Crippen LogP contribution in [-0.2, 0) is 4.74 Å². The van der Waals surface area contributed by atoms with Crippen LogP contribution in [0.25, 0.3) is 11.1 Å². The predicted molar refractivity (Wildman–Crippen MR) is 117 cm³/mol. The van der Waals surface area contributed by atoms with Crippen molar-refractivity contribution in [1.82, 2.24) is 9.88 Å². The number of benzene rings is 2. The fourth-order valence-electron chi connectivity index (χ4n) is 3.62. The third-order valence-electron chi connectivity index (χ3n) is 5.31. The molecule has 1 amide bonds. The Bertz CT molecular complexity index is 1030. The number of nitrogens with zero attached hydrogens (tertiary/aromatic N) is 2. The number of carbonyl (C=O) groups is 2. The van der Waals surface area contributed by atoms with E-state index in [2.05, 4.69) is 31.1 Å². The summed E-state index contributed by atoms with van der Waals surface area (Å²) in [5.74, 6) is 0.263. The van der Waals surface area contributed by atoms with Crippen molar-refractivity contribution in [3.63, 3.8) is 0 Å². The Hall–Kier alpha value is -2.71. The highest BCUT2D eigenvalue weighted by molar-refractivity contribution is 9.10. The molecule has 2 aromatic carbocycles. The number of hydrogen-bond acceptors (Lipinski definition) is 6. The van der Waals surface area contributed by atoms with Gasteiger partial charge < -0.3 is 9.15 Å². The maximum absolute atomic E-state index is 12.6. The van der Waals surface area contributed by atoms with Crippen molar-refractivity contribution >= 4 is 44.6 Å². The number of ketones is 1. The van der Waals surface area contributed by atoms with Crippen molar-refractivity contribution in [3.8, 4) is 0 Å². The van der Waals surface area contributed by atoms with Crippen LogP contribution >= 0.6 is 15.9 Å². The van der Waals surface area contributed by atoms with Crippen LogP contribution in [0.5, 0.6) is 0 Å². The molecule has 1 aromatic heterocycles. The molecular weight excluding hydrogens is 450 g/mol. The molecule has 4 rings (SSSR count). The van der Waals surface area contributed by atoms with Crippen LogP contribution in [-0.4, -0.2) is 48.0 Å². The Morgan fingerprint density at radius 3 is 2.70 bits per heavy atom. The second kappa shape index (κ2) is 9.40. The number of anilines is 1. The van der Waals surface area contributed by atoms with Crippen LogP contribution in [0.4, 0.5) is 10.5 Å². The molecular formula is C22H22BrN3O4. The number of carbonyl (C=O) groups excluding carboxylic acids is 2. The van der Waals surface area contributed by atoms with Gasteiger partial charge in [-0.25, -0.2) is 9.78 Å². The summed E-state index contributed by atoms with van der Waals surface area (Å²) in [7, 11) is 0. The molecule has 0 unspecified atom stereocenters. The van der Waals surface area contributed by atoms with Crippen LogP contribution < -0.4 is 5.32 Å². The topological polar surface area (TPSA) is 84.7 Å². The van der Waals surface area contributed by atoms with E-state index in [9.17, 15) is 9.59 Å². The second-order valence-electron chi connectivity index (χ2n) is 7.28. The van der Waals surface area contributed by atoms with E-state index in [1.165, 1.54) is 6.39 Å². The first kappa shape index (κ1) is 20.6. The Balaban J connectivity index is 1.18. The number of likely N-dealkylation sites (tertiary alicyclic amines) is 1. The predicted octanol–water partition coefficient (Wildman–Crippen LogP) is 4.73. The number of aromatic nitrogens is 1. The van der Waals surface area contributed by atoms with Gasteiger partial charge in [0, 0.05) is 34.3 Å². The minimum Gasteiger partial charge on any atom is -0.448 e. The van der Waals surface area contributed by atoms with Crippen molar-refractivity contribution in [2.24, 2.45) is 5.92 Å². The molecule has 2 heterocycles. The summed E-state index contributed by atoms with van der Waals surface area (Å²) in [6.07, 6.45) is 2.49. The van der Waals surface area contributed by atoms with Gasteiger partial charge in [0.15, 0.2) is 17.8 Å². The molecule has 1 aliphatic rings. The Morgan fingerprint density at radius 2 is 1.93 bits per heavy atom. The smallest absolute Gasteiger partial charge is 0.411 e. The number of fused-ring (bicyclic) bond motifs is 1. The van der Waals surface area contributed by atoms with Gasteiger partial charge in [-0.3, -0.25) is 15.0 Å². The molecule has 156 valence electrons. The van der Waals surface area contributed by atoms with E-state index in [1.54, 1.807) is 18.2 Å². The number of ether oxygens (including phenoxy) is 1. The van der Waals surface area contributed by atoms with Crippen LogP contribution in [0.3, 0.4) is 0 Å². The number of amides is 1. The zero-order valence-corrected chi connectivity index (χ0v) is 17.9. The van der Waals surface area contributed by atoms with Gasteiger partial charge >= 0.3 is 6.09 Å². The SMILES string of the molecule is O=C(Nc1ccc2ncoc2c1)OCCN1CCC(C(=O)c2ccc(Br)cc2)CC1. The molecule has 7 nitrogen and oxygen atoms in total. The summed E-state index contributed by atoms with van der Waals surface area (Å²) in [5, 5.41) is 2.69. The lowest BCUT2D eigenvalue weighted by Gasteiger charge is -2.31. The van der Waals surface area contributed by atoms with Gasteiger partial charge in [-0.05, 0) is 50.2 Å². The summed E-state index contributed by atoms with van der Waals surface area (Å²) in [5.41, 5.74) is 2.70. The number of nitrogens with one attached hydrogen (secondary N) is 1. The molecule has 0 spiro atoms. The van der Waals surface area contributed by atoms with Crippen LogP contribution in [0.1, 0.15) is 23.2 Å². The van der Waals surface area contributed by atoms with Crippen LogP contribution in [0, 0.1) is 5.92 Å². The van der Waals surface area contributed by atoms with Crippen molar-refractivity contribution in [1.29, 1.82) is 0 Å². The molecule has 1 saturated heterocycles. The molecule has 1 N–H and O–H groups in total.